The number of aryl methyl sites for hydroxylation is 1. The molecule has 0 aromatic carbocycles. The lowest BCUT2D eigenvalue weighted by Crippen LogP contribution is -2.26. The van der Waals surface area contributed by atoms with Gasteiger partial charge in [0, 0.05) is 11.9 Å². The van der Waals surface area contributed by atoms with Gasteiger partial charge in [0.05, 0.1) is 11.4 Å². The molecule has 0 saturated carbocycles. The molecule has 0 fully saturated rings. The van der Waals surface area contributed by atoms with Crippen LogP contribution in [0.15, 0.2) is 5.38 Å². The summed E-state index contributed by atoms with van der Waals surface area (Å²) in [6, 6.07) is 0. The fourth-order valence-electron chi connectivity index (χ4n) is 0.830. The van der Waals surface area contributed by atoms with E-state index in [2.05, 4.69) is 15.0 Å². The normalized spacial score (nSPS) is 11.6. The van der Waals surface area contributed by atoms with E-state index in [1.165, 1.54) is 18.4 Å². The van der Waals surface area contributed by atoms with Crippen molar-refractivity contribution in [2.75, 3.05) is 24.7 Å². The summed E-state index contributed by atoms with van der Waals surface area (Å²) in [4.78, 5) is 4.15. The van der Waals surface area contributed by atoms with Crippen LogP contribution in [0.1, 0.15) is 5.69 Å². The van der Waals surface area contributed by atoms with Crippen molar-refractivity contribution in [1.29, 1.82) is 0 Å². The highest BCUT2D eigenvalue weighted by Crippen LogP contribution is 2.13. The maximum atomic E-state index is 11.0. The van der Waals surface area contributed by atoms with Crippen LogP contribution in [-0.2, 0) is 10.0 Å². The topological polar surface area (TPSA) is 71.1 Å². The number of hydrogen-bond acceptors (Lipinski definition) is 5. The Labute approximate surface area is 87.6 Å². The molecule has 1 aromatic rings. The van der Waals surface area contributed by atoms with Gasteiger partial charge in [-0.05, 0) is 14.0 Å². The molecule has 1 rings (SSSR count). The molecule has 2 N–H and O–H groups in total. The minimum absolute atomic E-state index is 0.0577. The number of nitrogens with one attached hydrogen (secondary N) is 2. The third kappa shape index (κ3) is 3.60. The molecular formula is C7H13N3O2S2. The summed E-state index contributed by atoms with van der Waals surface area (Å²) >= 11 is 1.47. The molecule has 0 atom stereocenters. The minimum atomic E-state index is -3.12. The highest BCUT2D eigenvalue weighted by Gasteiger charge is 2.06. The summed E-state index contributed by atoms with van der Waals surface area (Å²) in [5.74, 6) is 0.0577. The Hall–Kier alpha value is -0.660. The number of nitrogens with zero attached hydrogens (tertiary/aromatic N) is 1. The van der Waals surface area contributed by atoms with Crippen LogP contribution in [0.3, 0.4) is 0 Å². The molecule has 0 spiro atoms. The summed E-state index contributed by atoms with van der Waals surface area (Å²) in [5, 5.41) is 5.61. The van der Waals surface area contributed by atoms with Gasteiger partial charge in [0.2, 0.25) is 10.0 Å². The molecule has 0 aliphatic carbocycles. The summed E-state index contributed by atoms with van der Waals surface area (Å²) < 4.78 is 24.3. The van der Waals surface area contributed by atoms with E-state index in [9.17, 15) is 8.42 Å². The highest BCUT2D eigenvalue weighted by molar-refractivity contribution is 7.89. The van der Waals surface area contributed by atoms with Crippen LogP contribution < -0.4 is 10.0 Å². The molecule has 0 unspecified atom stereocenters. The molecule has 1 heterocycles. The first-order chi connectivity index (χ1) is 6.53. The predicted molar refractivity (Wildman–Crippen MR) is 58.2 cm³/mol. The van der Waals surface area contributed by atoms with Crippen molar-refractivity contribution < 1.29 is 8.42 Å². The first-order valence-corrected chi connectivity index (χ1v) is 6.64. The number of hydrogen-bond donors (Lipinski definition) is 2. The van der Waals surface area contributed by atoms with E-state index in [1.54, 1.807) is 0 Å². The van der Waals surface area contributed by atoms with Crippen molar-refractivity contribution >= 4 is 26.5 Å². The Bertz CT molecular complexity index is 385. The number of sulfonamides is 1. The van der Waals surface area contributed by atoms with E-state index < -0.39 is 10.0 Å². The Morgan fingerprint density at radius 3 is 2.79 bits per heavy atom. The van der Waals surface area contributed by atoms with E-state index in [-0.39, 0.29) is 5.75 Å². The van der Waals surface area contributed by atoms with Gasteiger partial charge in [0.1, 0.15) is 0 Å². The van der Waals surface area contributed by atoms with Crippen LogP contribution in [0, 0.1) is 6.92 Å². The zero-order chi connectivity index (χ0) is 10.6. The zero-order valence-electron chi connectivity index (χ0n) is 8.07. The van der Waals surface area contributed by atoms with Crippen molar-refractivity contribution in [2.24, 2.45) is 0 Å². The molecular weight excluding hydrogens is 222 g/mol. The second-order valence-corrected chi connectivity index (χ2v) is 5.65. The lowest BCUT2D eigenvalue weighted by Gasteiger charge is -2.02. The predicted octanol–water partition coefficient (Wildman–Crippen LogP) is 0.413. The summed E-state index contributed by atoms with van der Waals surface area (Å²) in [6.45, 7) is 2.27. The lowest BCUT2D eigenvalue weighted by atomic mass is 10.6. The maximum absolute atomic E-state index is 11.0. The molecule has 0 bridgehead atoms. The van der Waals surface area contributed by atoms with Crippen molar-refractivity contribution in [2.45, 2.75) is 6.92 Å². The van der Waals surface area contributed by atoms with Crippen molar-refractivity contribution in [3.63, 3.8) is 0 Å². The van der Waals surface area contributed by atoms with Gasteiger partial charge in [-0.2, -0.15) is 0 Å². The summed E-state index contributed by atoms with van der Waals surface area (Å²) in [7, 11) is -1.71. The van der Waals surface area contributed by atoms with Gasteiger partial charge in [0.15, 0.2) is 5.13 Å². The number of anilines is 1. The van der Waals surface area contributed by atoms with Gasteiger partial charge in [-0.3, -0.25) is 0 Å². The quantitative estimate of drug-likeness (QED) is 0.775. The number of rotatable bonds is 5. The Kier molecular flexibility index (Phi) is 3.85. The van der Waals surface area contributed by atoms with Gasteiger partial charge in [-0.25, -0.2) is 18.1 Å². The van der Waals surface area contributed by atoms with E-state index >= 15 is 0 Å². The van der Waals surface area contributed by atoms with Gasteiger partial charge in [0.25, 0.3) is 0 Å². The zero-order valence-corrected chi connectivity index (χ0v) is 9.70. The largest absolute Gasteiger partial charge is 0.360 e. The van der Waals surface area contributed by atoms with E-state index in [0.717, 1.165) is 10.8 Å². The lowest BCUT2D eigenvalue weighted by molar-refractivity contribution is 0.588. The SMILES string of the molecule is CNS(=O)(=O)CCNc1nc(C)cs1. The first kappa shape index (κ1) is 11.4. The average molecular weight is 235 g/mol. The maximum Gasteiger partial charge on any atom is 0.213 e. The molecule has 0 aliphatic heterocycles. The van der Waals surface area contributed by atoms with E-state index in [1.807, 2.05) is 12.3 Å². The van der Waals surface area contributed by atoms with Crippen LogP contribution in [0.25, 0.3) is 0 Å². The number of aromatic nitrogens is 1. The molecule has 0 aliphatic rings. The second kappa shape index (κ2) is 4.72. The van der Waals surface area contributed by atoms with Crippen molar-refractivity contribution in [3.05, 3.63) is 11.1 Å². The van der Waals surface area contributed by atoms with Gasteiger partial charge in [-0.15, -0.1) is 11.3 Å². The Morgan fingerprint density at radius 1 is 1.57 bits per heavy atom. The van der Waals surface area contributed by atoms with Gasteiger partial charge in [-0.1, -0.05) is 0 Å². The second-order valence-electron chi connectivity index (χ2n) is 2.74. The molecule has 5 nitrogen and oxygen atoms in total. The van der Waals surface area contributed by atoms with Crippen LogP contribution in [0.2, 0.25) is 0 Å². The van der Waals surface area contributed by atoms with Gasteiger partial charge >= 0.3 is 0 Å². The summed E-state index contributed by atoms with van der Waals surface area (Å²) in [5.41, 5.74) is 0.939. The van der Waals surface area contributed by atoms with Gasteiger partial charge < -0.3 is 5.32 Å². The van der Waals surface area contributed by atoms with E-state index in [0.29, 0.717) is 6.54 Å². The third-order valence-electron chi connectivity index (χ3n) is 1.58. The standard InChI is InChI=1S/C7H13N3O2S2/c1-6-5-13-7(10-6)9-3-4-14(11,12)8-2/h5,8H,3-4H2,1-2H3,(H,9,10). The Balaban J connectivity index is 2.36. The minimum Gasteiger partial charge on any atom is -0.360 e. The fraction of sp³-hybridized carbons (Fsp3) is 0.571. The monoisotopic (exact) mass is 235 g/mol. The van der Waals surface area contributed by atoms with Crippen LogP contribution in [0.4, 0.5) is 5.13 Å². The summed E-state index contributed by atoms with van der Waals surface area (Å²) in [6.07, 6.45) is 0. The molecule has 7 heteroatoms. The van der Waals surface area contributed by atoms with Crippen LogP contribution >= 0.6 is 11.3 Å². The third-order valence-corrected chi connectivity index (χ3v) is 3.86. The molecule has 1 aromatic heterocycles. The molecule has 0 amide bonds. The first-order valence-electron chi connectivity index (χ1n) is 4.11. The van der Waals surface area contributed by atoms with Crippen LogP contribution in [0.5, 0.6) is 0 Å². The highest BCUT2D eigenvalue weighted by atomic mass is 32.2. The average Bonchev–Trinajstić information content (AvgIpc) is 2.51. The molecule has 80 valence electrons. The molecule has 0 radical (unpaired) electrons. The van der Waals surface area contributed by atoms with Crippen molar-refractivity contribution in [1.82, 2.24) is 9.71 Å². The van der Waals surface area contributed by atoms with E-state index in [4.69, 9.17) is 0 Å². The molecule has 14 heavy (non-hydrogen) atoms. The molecule has 0 saturated heterocycles. The van der Waals surface area contributed by atoms with Crippen molar-refractivity contribution in [3.8, 4) is 0 Å². The number of thiazole rings is 1. The smallest absolute Gasteiger partial charge is 0.213 e. The van der Waals surface area contributed by atoms with Crippen LogP contribution in [-0.4, -0.2) is 32.7 Å². The Morgan fingerprint density at radius 2 is 2.29 bits per heavy atom. The fourth-order valence-corrected chi connectivity index (χ4v) is 2.12.